The van der Waals surface area contributed by atoms with Gasteiger partial charge < -0.3 is 33.8 Å². The number of hydrogen-bond donors (Lipinski definition) is 3. The van der Waals surface area contributed by atoms with Gasteiger partial charge in [0.15, 0.2) is 12.2 Å². The summed E-state index contributed by atoms with van der Waals surface area (Å²) in [4.78, 5) is 73.3. The van der Waals surface area contributed by atoms with Crippen LogP contribution < -0.4 is 0 Å². The van der Waals surface area contributed by atoms with Gasteiger partial charge in [-0.15, -0.1) is 0 Å². The van der Waals surface area contributed by atoms with Crippen LogP contribution in [0.25, 0.3) is 0 Å². The quantitative estimate of drug-likeness (QED) is 0.0222. The van der Waals surface area contributed by atoms with E-state index in [0.29, 0.717) is 25.7 Å². The zero-order chi connectivity index (χ0) is 80.0. The number of aliphatic hydroxyl groups is 1. The maximum atomic E-state index is 13.2. The van der Waals surface area contributed by atoms with E-state index in [9.17, 15) is 43.2 Å². The van der Waals surface area contributed by atoms with Gasteiger partial charge in [-0.25, -0.2) is 9.13 Å². The maximum Gasteiger partial charge on any atom is 0.472 e. The van der Waals surface area contributed by atoms with Gasteiger partial charge in [0, 0.05) is 25.7 Å². The Hall–Kier alpha value is -1.94. The van der Waals surface area contributed by atoms with E-state index in [1.807, 2.05) is 0 Å². The second-order valence-corrected chi connectivity index (χ2v) is 36.2. The van der Waals surface area contributed by atoms with Crippen molar-refractivity contribution < 1.29 is 80.2 Å². The lowest BCUT2D eigenvalue weighted by atomic mass is 9.99. The molecule has 0 aromatic carbocycles. The molecule has 0 aliphatic carbocycles. The van der Waals surface area contributed by atoms with Crippen LogP contribution in [0, 0.1) is 17.8 Å². The van der Waals surface area contributed by atoms with Gasteiger partial charge in [0.05, 0.1) is 26.4 Å². The van der Waals surface area contributed by atoms with Gasteiger partial charge in [0.1, 0.15) is 19.3 Å². The molecule has 0 aliphatic heterocycles. The van der Waals surface area contributed by atoms with Crippen molar-refractivity contribution in [3.63, 3.8) is 0 Å². The lowest BCUT2D eigenvalue weighted by Gasteiger charge is -2.21. The summed E-state index contributed by atoms with van der Waals surface area (Å²) in [6.45, 7) is 12.1. The molecule has 7 atom stereocenters. The summed E-state index contributed by atoms with van der Waals surface area (Å²) in [5.74, 6) is 0.410. The first-order valence-corrected chi connectivity index (χ1v) is 49.4. The molecule has 0 rings (SSSR count). The number of rotatable bonds is 88. The molecule has 17 nitrogen and oxygen atoms in total. The van der Waals surface area contributed by atoms with E-state index in [-0.39, 0.29) is 25.7 Å². The summed E-state index contributed by atoms with van der Waals surface area (Å²) >= 11 is 0. The van der Waals surface area contributed by atoms with Gasteiger partial charge in [-0.05, 0) is 43.4 Å². The molecule has 0 aromatic heterocycles. The first-order valence-electron chi connectivity index (χ1n) is 46.4. The van der Waals surface area contributed by atoms with E-state index in [4.69, 9.17) is 37.0 Å². The minimum absolute atomic E-state index is 0.107. The Morgan fingerprint density at radius 1 is 0.266 bits per heavy atom. The smallest absolute Gasteiger partial charge is 0.462 e. The van der Waals surface area contributed by atoms with Gasteiger partial charge >= 0.3 is 39.5 Å². The fraction of sp³-hybridized carbons (Fsp3) is 0.956. The molecule has 3 N–H and O–H groups in total. The predicted molar refractivity (Wildman–Crippen MR) is 451 cm³/mol. The van der Waals surface area contributed by atoms with Gasteiger partial charge in [-0.2, -0.15) is 0 Å². The molecule has 0 fully saturated rings. The number of phosphoric ester groups is 2. The molecule has 0 saturated heterocycles. The lowest BCUT2D eigenvalue weighted by Crippen LogP contribution is -2.30. The minimum atomic E-state index is -4.97. The Morgan fingerprint density at radius 3 is 0.697 bits per heavy atom. The Bertz CT molecular complexity index is 2100. The van der Waals surface area contributed by atoms with Crippen LogP contribution >= 0.6 is 15.6 Å². The Balaban J connectivity index is 5.22. The van der Waals surface area contributed by atoms with Gasteiger partial charge in [-0.3, -0.25) is 37.3 Å². The highest BCUT2D eigenvalue weighted by Gasteiger charge is 2.31. The zero-order valence-corrected chi connectivity index (χ0v) is 73.8. The average Bonchev–Trinajstić information content (AvgIpc) is 0.895. The summed E-state index contributed by atoms with van der Waals surface area (Å²) in [5.41, 5.74) is 0. The largest absolute Gasteiger partial charge is 0.472 e. The summed E-state index contributed by atoms with van der Waals surface area (Å²) in [5, 5.41) is 10.7. The molecule has 0 radical (unpaired) electrons. The van der Waals surface area contributed by atoms with E-state index < -0.39 is 97.5 Å². The number of aliphatic hydroxyl groups excluding tert-OH is 1. The highest BCUT2D eigenvalue weighted by atomic mass is 31.2. The number of ether oxygens (including phenoxy) is 4. The number of carbonyl (C=O) groups is 4. The maximum absolute atomic E-state index is 13.2. The molecule has 0 bridgehead atoms. The SMILES string of the molecule is CCCCCCCCCCCCCC(=O)OC[C@H](COP(=O)(O)OC[C@H](O)COP(=O)(O)OC[C@@H](COC(=O)CCCCCCCCCCCCCCCCCCCCC(C)CC)OC(=O)CCCCCCCCCCCCCCCCCCCCC(C)CC)OC(=O)CCCCCCCCCCCCCC(C)C. The third-order valence-electron chi connectivity index (χ3n) is 21.9. The Morgan fingerprint density at radius 2 is 0.468 bits per heavy atom. The summed E-state index contributed by atoms with van der Waals surface area (Å²) in [6.07, 6.45) is 72.2. The number of carbonyl (C=O) groups excluding carboxylic acids is 4. The van der Waals surface area contributed by atoms with Crippen molar-refractivity contribution in [2.75, 3.05) is 39.6 Å². The topological polar surface area (TPSA) is 237 Å². The lowest BCUT2D eigenvalue weighted by molar-refractivity contribution is -0.161. The highest BCUT2D eigenvalue weighted by molar-refractivity contribution is 7.47. The van der Waals surface area contributed by atoms with E-state index in [1.165, 1.54) is 289 Å². The highest BCUT2D eigenvalue weighted by Crippen LogP contribution is 2.45. The molecule has 19 heteroatoms. The van der Waals surface area contributed by atoms with Crippen LogP contribution in [0.5, 0.6) is 0 Å². The van der Waals surface area contributed by atoms with Crippen LogP contribution in [0.4, 0.5) is 0 Å². The Kier molecular flexibility index (Phi) is 78.5. The third-order valence-corrected chi connectivity index (χ3v) is 23.8. The van der Waals surface area contributed by atoms with Crippen molar-refractivity contribution in [2.24, 2.45) is 17.8 Å². The molecule has 0 heterocycles. The van der Waals surface area contributed by atoms with E-state index >= 15 is 0 Å². The van der Waals surface area contributed by atoms with Crippen molar-refractivity contribution in [3.05, 3.63) is 0 Å². The molecular weight excluding hydrogens is 1410 g/mol. The van der Waals surface area contributed by atoms with Gasteiger partial charge in [0.2, 0.25) is 0 Å². The van der Waals surface area contributed by atoms with Gasteiger partial charge in [-0.1, -0.05) is 427 Å². The number of phosphoric acid groups is 2. The number of hydrogen-bond acceptors (Lipinski definition) is 15. The van der Waals surface area contributed by atoms with Crippen LogP contribution in [-0.2, 0) is 65.4 Å². The Labute approximate surface area is 670 Å². The van der Waals surface area contributed by atoms with Crippen LogP contribution in [0.1, 0.15) is 479 Å². The van der Waals surface area contributed by atoms with Crippen LogP contribution in [-0.4, -0.2) is 96.7 Å². The second-order valence-electron chi connectivity index (χ2n) is 33.3. The van der Waals surface area contributed by atoms with E-state index in [0.717, 1.165) is 108 Å². The second kappa shape index (κ2) is 79.9. The van der Waals surface area contributed by atoms with Crippen molar-refractivity contribution in [2.45, 2.75) is 497 Å². The monoisotopic (exact) mass is 1590 g/mol. The van der Waals surface area contributed by atoms with Crippen molar-refractivity contribution in [1.82, 2.24) is 0 Å². The third kappa shape index (κ3) is 81.0. The predicted octanol–water partition coefficient (Wildman–Crippen LogP) is 27.6. The minimum Gasteiger partial charge on any atom is -0.462 e. The molecule has 4 unspecified atom stereocenters. The summed E-state index contributed by atoms with van der Waals surface area (Å²) in [6, 6.07) is 0. The summed E-state index contributed by atoms with van der Waals surface area (Å²) in [7, 11) is -9.93. The normalized spacial score (nSPS) is 14.3. The number of unbranched alkanes of at least 4 members (excludes halogenated alkanes) is 54. The molecule has 648 valence electrons. The summed E-state index contributed by atoms with van der Waals surface area (Å²) < 4.78 is 69.0. The average molecular weight is 1590 g/mol. The van der Waals surface area contributed by atoms with Crippen molar-refractivity contribution >= 4 is 39.5 Å². The zero-order valence-electron chi connectivity index (χ0n) is 72.0. The molecule has 0 saturated carbocycles. The van der Waals surface area contributed by atoms with Gasteiger partial charge in [0.25, 0.3) is 0 Å². The molecule has 0 spiro atoms. The molecular formula is C90H176O17P2. The van der Waals surface area contributed by atoms with E-state index in [2.05, 4.69) is 48.5 Å². The fourth-order valence-electron chi connectivity index (χ4n) is 14.0. The molecule has 109 heavy (non-hydrogen) atoms. The molecule has 0 amide bonds. The van der Waals surface area contributed by atoms with Crippen molar-refractivity contribution in [3.8, 4) is 0 Å². The van der Waals surface area contributed by atoms with Crippen molar-refractivity contribution in [1.29, 1.82) is 0 Å². The first kappa shape index (κ1) is 107. The molecule has 0 aromatic rings. The number of esters is 4. The van der Waals surface area contributed by atoms with E-state index in [1.54, 1.807) is 0 Å². The fourth-order valence-corrected chi connectivity index (χ4v) is 15.6. The first-order chi connectivity index (χ1) is 52.8. The van der Waals surface area contributed by atoms with Crippen LogP contribution in [0.15, 0.2) is 0 Å². The molecule has 0 aliphatic rings. The standard InChI is InChI=1S/C90H176O17P2/c1-8-11-12-13-14-15-33-43-50-57-64-71-87(92)100-77-85(107-90(95)74-67-60-53-46-39-32-34-40-47-54-61-68-81(4)5)79-104-108(96,97)102-75-84(91)76-103-109(98,99)105-80-86(106-89(94)73-66-59-52-45-38-31-27-23-19-17-21-25-29-36-42-49-56-63-70-83(7)10-3)78-101-88(93)72-65-58-51-44-37-30-26-22-18-16-20-24-28-35-41-48-55-62-69-82(6)9-2/h81-86,91H,8-80H2,1-7H3,(H,96,97)(H,98,99)/t82?,83?,84-,85+,86+/m0/s1. The van der Waals surface area contributed by atoms with Crippen LogP contribution in [0.3, 0.4) is 0 Å². The van der Waals surface area contributed by atoms with Crippen LogP contribution in [0.2, 0.25) is 0 Å².